The molecule has 0 aliphatic rings. The van der Waals surface area contributed by atoms with Gasteiger partial charge in [0.15, 0.2) is 5.78 Å². The lowest BCUT2D eigenvalue weighted by Crippen LogP contribution is -2.40. The van der Waals surface area contributed by atoms with Crippen molar-refractivity contribution in [2.24, 2.45) is 5.73 Å². The average Bonchev–Trinajstić information content (AvgIpc) is 2.94. The van der Waals surface area contributed by atoms with Gasteiger partial charge in [-0.05, 0) is 55.3 Å². The largest absolute Gasteiger partial charge is 0.365 e. The number of benzene rings is 2. The van der Waals surface area contributed by atoms with E-state index < -0.39 is 0 Å². The average molecular weight is 538 g/mol. The highest BCUT2D eigenvalue weighted by Crippen LogP contribution is 2.23. The quantitative estimate of drug-likeness (QED) is 0.122. The summed E-state index contributed by atoms with van der Waals surface area (Å²) in [6.07, 6.45) is 19.6. The maximum absolute atomic E-state index is 13.2. The number of rotatable bonds is 22. The van der Waals surface area contributed by atoms with Crippen LogP contribution < -0.4 is 10.6 Å². The molecule has 5 heteroatoms. The third-order valence-electron chi connectivity index (χ3n) is 7.81. The molecule has 218 valence electrons. The Bertz CT molecular complexity index is 974. The molecular formula is C34H55N3O2. The minimum atomic E-state index is 0.0695. The monoisotopic (exact) mass is 537 g/mol. The van der Waals surface area contributed by atoms with Crippen molar-refractivity contribution in [3.8, 4) is 0 Å². The van der Waals surface area contributed by atoms with Gasteiger partial charge in [0, 0.05) is 31.4 Å². The SMILES string of the molecule is CCCCCCCCCCCCCCCCN(CCCN)C(=O)CN(C)c1ccc2cc(C(C)=O)ccc2c1. The second-order valence-electron chi connectivity index (χ2n) is 11.3. The summed E-state index contributed by atoms with van der Waals surface area (Å²) in [5.41, 5.74) is 7.48. The lowest BCUT2D eigenvalue weighted by molar-refractivity contribution is -0.129. The lowest BCUT2D eigenvalue weighted by Gasteiger charge is -2.27. The molecule has 1 amide bonds. The van der Waals surface area contributed by atoms with Crippen molar-refractivity contribution in [3.63, 3.8) is 0 Å². The fraction of sp³-hybridized carbons (Fsp3) is 0.647. The van der Waals surface area contributed by atoms with Crippen LogP contribution in [0.25, 0.3) is 10.8 Å². The molecule has 0 saturated carbocycles. The number of fused-ring (bicyclic) bond motifs is 1. The summed E-state index contributed by atoms with van der Waals surface area (Å²) in [5, 5.41) is 2.10. The second kappa shape index (κ2) is 19.6. The van der Waals surface area contributed by atoms with E-state index in [1.54, 1.807) is 6.92 Å². The Balaban J connectivity index is 1.68. The highest BCUT2D eigenvalue weighted by atomic mass is 16.2. The van der Waals surface area contributed by atoms with E-state index in [1.807, 2.05) is 47.2 Å². The Morgan fingerprint density at radius 1 is 0.692 bits per heavy atom. The number of hydrogen-bond acceptors (Lipinski definition) is 4. The number of Topliss-reactive ketones (excluding diaryl/α,β-unsaturated/α-hetero) is 1. The smallest absolute Gasteiger partial charge is 0.242 e. The van der Waals surface area contributed by atoms with E-state index in [1.165, 1.54) is 83.5 Å². The molecule has 0 saturated heterocycles. The molecule has 0 heterocycles. The molecule has 0 bridgehead atoms. The number of likely N-dealkylation sites (N-methyl/N-ethyl adjacent to an activating group) is 1. The van der Waals surface area contributed by atoms with Crippen molar-refractivity contribution < 1.29 is 9.59 Å². The standard InChI is InChI=1S/C34H55N3O2/c1-4-5-6-7-8-9-10-11-12-13-14-15-16-17-24-37(25-18-23-35)34(39)28-36(3)33-22-21-31-26-30(29(2)38)19-20-32(31)27-33/h19-22,26-27H,4-18,23-25,28,35H2,1-3H3. The zero-order valence-electron chi connectivity index (χ0n) is 25.2. The van der Waals surface area contributed by atoms with Crippen LogP contribution in [0.1, 0.15) is 121 Å². The Morgan fingerprint density at radius 3 is 1.77 bits per heavy atom. The fourth-order valence-corrected chi connectivity index (χ4v) is 5.22. The maximum atomic E-state index is 13.2. The second-order valence-corrected chi connectivity index (χ2v) is 11.3. The first-order valence-corrected chi connectivity index (χ1v) is 15.7. The lowest BCUT2D eigenvalue weighted by atomic mass is 10.0. The molecule has 39 heavy (non-hydrogen) atoms. The van der Waals surface area contributed by atoms with Crippen LogP contribution in [0.15, 0.2) is 36.4 Å². The van der Waals surface area contributed by atoms with Gasteiger partial charge >= 0.3 is 0 Å². The minimum absolute atomic E-state index is 0.0695. The first kappa shape index (κ1) is 32.8. The van der Waals surface area contributed by atoms with E-state index >= 15 is 0 Å². The Labute approximate surface area is 238 Å². The molecule has 0 aromatic heterocycles. The number of amides is 1. The van der Waals surface area contributed by atoms with Crippen LogP contribution >= 0.6 is 0 Å². The number of nitrogens with two attached hydrogens (primary N) is 1. The summed E-state index contributed by atoms with van der Waals surface area (Å²) in [6, 6.07) is 11.9. The number of anilines is 1. The molecule has 0 fully saturated rings. The maximum Gasteiger partial charge on any atom is 0.242 e. The van der Waals surface area contributed by atoms with Crippen LogP contribution in [0.4, 0.5) is 5.69 Å². The van der Waals surface area contributed by atoms with Crippen molar-refractivity contribution in [1.29, 1.82) is 0 Å². The predicted molar refractivity (Wildman–Crippen MR) is 168 cm³/mol. The first-order chi connectivity index (χ1) is 19.0. The molecular weight excluding hydrogens is 482 g/mol. The van der Waals surface area contributed by atoms with Crippen molar-refractivity contribution in [3.05, 3.63) is 42.0 Å². The minimum Gasteiger partial charge on any atom is -0.365 e. The number of ketones is 1. The highest BCUT2D eigenvalue weighted by Gasteiger charge is 2.16. The van der Waals surface area contributed by atoms with Gasteiger partial charge in [-0.25, -0.2) is 0 Å². The van der Waals surface area contributed by atoms with Crippen LogP contribution in [-0.4, -0.2) is 49.8 Å². The van der Waals surface area contributed by atoms with Gasteiger partial charge in [0.2, 0.25) is 5.91 Å². The van der Waals surface area contributed by atoms with Crippen LogP contribution in [-0.2, 0) is 4.79 Å². The molecule has 0 aliphatic carbocycles. The fourth-order valence-electron chi connectivity index (χ4n) is 5.22. The summed E-state index contributed by atoms with van der Waals surface area (Å²) < 4.78 is 0. The Morgan fingerprint density at radius 2 is 1.21 bits per heavy atom. The summed E-state index contributed by atoms with van der Waals surface area (Å²) in [4.78, 5) is 28.9. The summed E-state index contributed by atoms with van der Waals surface area (Å²) >= 11 is 0. The summed E-state index contributed by atoms with van der Waals surface area (Å²) in [6.45, 7) is 6.36. The van der Waals surface area contributed by atoms with Crippen molar-refractivity contribution in [2.45, 2.75) is 110 Å². The topological polar surface area (TPSA) is 66.6 Å². The first-order valence-electron chi connectivity index (χ1n) is 15.7. The molecule has 0 atom stereocenters. The third kappa shape index (κ3) is 13.0. The molecule has 2 aromatic carbocycles. The van der Waals surface area contributed by atoms with Gasteiger partial charge in [0.05, 0.1) is 6.54 Å². The molecule has 0 spiro atoms. The molecule has 2 rings (SSSR count). The number of carbonyl (C=O) groups is 2. The Hall–Kier alpha value is -2.40. The van der Waals surface area contributed by atoms with E-state index in [4.69, 9.17) is 5.73 Å². The number of hydrogen-bond donors (Lipinski definition) is 1. The molecule has 0 aliphatic heterocycles. The third-order valence-corrected chi connectivity index (χ3v) is 7.81. The predicted octanol–water partition coefficient (Wildman–Crippen LogP) is 8.14. The van der Waals surface area contributed by atoms with Crippen LogP contribution in [0.5, 0.6) is 0 Å². The van der Waals surface area contributed by atoms with Gasteiger partial charge in [-0.1, -0.05) is 109 Å². The summed E-state index contributed by atoms with van der Waals surface area (Å²) in [7, 11) is 1.97. The number of unbranched alkanes of at least 4 members (excludes halogenated alkanes) is 13. The normalized spacial score (nSPS) is 11.2. The zero-order chi connectivity index (χ0) is 28.3. The van der Waals surface area contributed by atoms with E-state index in [0.717, 1.165) is 48.0 Å². The molecule has 0 radical (unpaired) electrons. The van der Waals surface area contributed by atoms with E-state index in [-0.39, 0.29) is 11.7 Å². The van der Waals surface area contributed by atoms with Gasteiger partial charge < -0.3 is 15.5 Å². The number of nitrogens with zero attached hydrogens (tertiary/aromatic N) is 2. The van der Waals surface area contributed by atoms with Crippen molar-refractivity contribution in [1.82, 2.24) is 4.90 Å². The van der Waals surface area contributed by atoms with Crippen molar-refractivity contribution >= 4 is 28.2 Å². The van der Waals surface area contributed by atoms with E-state index in [2.05, 4.69) is 13.0 Å². The van der Waals surface area contributed by atoms with Crippen LogP contribution in [0.3, 0.4) is 0 Å². The van der Waals surface area contributed by atoms with Crippen LogP contribution in [0.2, 0.25) is 0 Å². The van der Waals surface area contributed by atoms with Crippen molar-refractivity contribution in [2.75, 3.05) is 38.1 Å². The Kier molecular flexibility index (Phi) is 16.5. The van der Waals surface area contributed by atoms with E-state index in [9.17, 15) is 9.59 Å². The molecule has 2 N–H and O–H groups in total. The van der Waals surface area contributed by atoms with Gasteiger partial charge in [-0.3, -0.25) is 9.59 Å². The van der Waals surface area contributed by atoms with Gasteiger partial charge in [-0.15, -0.1) is 0 Å². The van der Waals surface area contributed by atoms with Gasteiger partial charge in [0.1, 0.15) is 0 Å². The molecule has 2 aromatic rings. The molecule has 0 unspecified atom stereocenters. The van der Waals surface area contributed by atoms with Gasteiger partial charge in [-0.2, -0.15) is 0 Å². The molecule has 5 nitrogen and oxygen atoms in total. The zero-order valence-corrected chi connectivity index (χ0v) is 25.2. The van der Waals surface area contributed by atoms with Gasteiger partial charge in [0.25, 0.3) is 0 Å². The summed E-state index contributed by atoms with van der Waals surface area (Å²) in [5.74, 6) is 0.229. The van der Waals surface area contributed by atoms with E-state index in [0.29, 0.717) is 13.1 Å². The number of carbonyl (C=O) groups excluding carboxylic acids is 2. The highest BCUT2D eigenvalue weighted by molar-refractivity contribution is 5.99. The van der Waals surface area contributed by atoms with Crippen LogP contribution in [0, 0.1) is 0 Å².